The minimum Gasteiger partial charge on any atom is -0.126 e. The summed E-state index contributed by atoms with van der Waals surface area (Å²) < 4.78 is 0. The van der Waals surface area contributed by atoms with E-state index in [4.69, 9.17) is 0 Å². The summed E-state index contributed by atoms with van der Waals surface area (Å²) in [5.41, 5.74) is 1.53. The maximum atomic E-state index is 4.10. The largest absolute Gasteiger partial charge is 0.126 e. The van der Waals surface area contributed by atoms with Crippen LogP contribution in [0, 0.1) is 6.92 Å². The molecule has 1 aromatic rings. The fraction of sp³-hybridized carbons (Fsp3) is 0.860. The first-order valence-electron chi connectivity index (χ1n) is 24.0. The second-order valence-electron chi connectivity index (χ2n) is 16.5. The van der Waals surface area contributed by atoms with E-state index < -0.39 is 0 Å². The van der Waals surface area contributed by atoms with Crippen LogP contribution in [0.2, 0.25) is 0 Å². The molecule has 0 saturated carbocycles. The summed E-state index contributed by atoms with van der Waals surface area (Å²) >= 11 is 4.22. The Morgan fingerprint density at radius 3 is 0.827 bits per heavy atom. The molecule has 0 bridgehead atoms. The first-order chi connectivity index (χ1) is 25.8. The zero-order valence-electron chi connectivity index (χ0n) is 35.7. The Labute approximate surface area is 338 Å². The fourth-order valence-corrected chi connectivity index (χ4v) is 9.79. The number of unbranched alkanes of at least 4 members (excludes halogenated alkanes) is 35. The van der Waals surface area contributed by atoms with Gasteiger partial charge in [0.25, 0.3) is 0 Å². The minimum absolute atomic E-state index is 1.04. The van der Waals surface area contributed by atoms with Gasteiger partial charge in [0.05, 0.1) is 0 Å². The molecular formula is C50H93S2. The Kier molecular flexibility index (Phi) is 40.4. The van der Waals surface area contributed by atoms with E-state index in [1.807, 2.05) is 0 Å². The van der Waals surface area contributed by atoms with Crippen LogP contribution in [0.5, 0.6) is 0 Å². The van der Waals surface area contributed by atoms with Gasteiger partial charge in [0.2, 0.25) is 0 Å². The molecule has 1 radical (unpaired) electrons. The lowest BCUT2D eigenvalue weighted by molar-refractivity contribution is 0.526. The van der Waals surface area contributed by atoms with Crippen molar-refractivity contribution < 1.29 is 0 Å². The molecule has 0 heterocycles. The molecule has 2 heteroatoms. The van der Waals surface area contributed by atoms with Crippen LogP contribution in [-0.4, -0.2) is 11.5 Å². The van der Waals surface area contributed by atoms with Crippen LogP contribution in [0.4, 0.5) is 0 Å². The van der Waals surface area contributed by atoms with Gasteiger partial charge in [-0.2, -0.15) is 0 Å². The number of rotatable bonds is 43. The maximum absolute atomic E-state index is 4.10. The van der Waals surface area contributed by atoms with E-state index in [0.717, 1.165) is 6.42 Å². The fourth-order valence-electron chi connectivity index (χ4n) is 7.66. The van der Waals surface area contributed by atoms with Gasteiger partial charge in [0, 0.05) is 9.79 Å². The summed E-state index contributed by atoms with van der Waals surface area (Å²) in [7, 11) is 0. The predicted molar refractivity (Wildman–Crippen MR) is 244 cm³/mol. The number of hydrogen-bond acceptors (Lipinski definition) is 2. The van der Waals surface area contributed by atoms with E-state index in [1.165, 1.54) is 271 Å². The molecule has 0 N–H and O–H groups in total. The molecule has 0 spiro atoms. The number of thioether (sulfide) groups is 2. The van der Waals surface area contributed by atoms with Gasteiger partial charge < -0.3 is 0 Å². The van der Waals surface area contributed by atoms with Crippen molar-refractivity contribution in [1.29, 1.82) is 0 Å². The van der Waals surface area contributed by atoms with Crippen LogP contribution in [0.1, 0.15) is 263 Å². The van der Waals surface area contributed by atoms with Crippen molar-refractivity contribution in [2.45, 2.75) is 274 Å². The Hall–Kier alpha value is -0.0800. The highest BCUT2D eigenvalue weighted by Crippen LogP contribution is 2.30. The van der Waals surface area contributed by atoms with Gasteiger partial charge in [-0.1, -0.05) is 245 Å². The van der Waals surface area contributed by atoms with Crippen molar-refractivity contribution in [2.75, 3.05) is 11.5 Å². The van der Waals surface area contributed by atoms with Gasteiger partial charge >= 0.3 is 0 Å². The minimum atomic E-state index is 1.04. The molecular weight excluding hydrogens is 665 g/mol. The van der Waals surface area contributed by atoms with E-state index in [-0.39, 0.29) is 0 Å². The molecule has 52 heavy (non-hydrogen) atoms. The average Bonchev–Trinajstić information content (AvgIpc) is 3.15. The Morgan fingerprint density at radius 2 is 0.577 bits per heavy atom. The first-order valence-corrected chi connectivity index (χ1v) is 26.0. The highest BCUT2D eigenvalue weighted by atomic mass is 32.2. The number of benzene rings is 1. The number of aryl methyl sites for hydroxylation is 1. The molecule has 0 atom stereocenters. The lowest BCUT2D eigenvalue weighted by atomic mass is 10.0. The highest BCUT2D eigenvalue weighted by molar-refractivity contribution is 8.00. The first kappa shape index (κ1) is 49.9. The maximum Gasteiger partial charge on any atom is 0.00858 e. The van der Waals surface area contributed by atoms with Gasteiger partial charge in [0.15, 0.2) is 0 Å². The van der Waals surface area contributed by atoms with Crippen LogP contribution in [0.15, 0.2) is 28.0 Å². The van der Waals surface area contributed by atoms with Gasteiger partial charge in [-0.3, -0.25) is 0 Å². The van der Waals surface area contributed by atoms with Gasteiger partial charge in [-0.15, -0.1) is 23.5 Å². The van der Waals surface area contributed by atoms with Crippen molar-refractivity contribution in [3.63, 3.8) is 0 Å². The molecule has 0 aromatic heterocycles. The van der Waals surface area contributed by atoms with E-state index >= 15 is 0 Å². The molecule has 0 aliphatic heterocycles. The lowest BCUT2D eigenvalue weighted by Crippen LogP contribution is -1.90. The van der Waals surface area contributed by atoms with E-state index in [0.29, 0.717) is 0 Å². The smallest absolute Gasteiger partial charge is 0.00858 e. The predicted octanol–water partition coefficient (Wildman–Crippen LogP) is 19.1. The molecule has 1 rings (SSSR count). The van der Waals surface area contributed by atoms with Crippen LogP contribution in [0.25, 0.3) is 0 Å². The van der Waals surface area contributed by atoms with E-state index in [9.17, 15) is 0 Å². The lowest BCUT2D eigenvalue weighted by Gasteiger charge is -2.10. The topological polar surface area (TPSA) is 0 Å². The molecule has 0 unspecified atom stereocenters. The van der Waals surface area contributed by atoms with E-state index in [2.05, 4.69) is 62.5 Å². The normalized spacial score (nSPS) is 11.6. The standard InChI is InChI=1S/C50H93S2/c1-4-7-10-12-14-16-18-20-22-24-26-28-30-32-34-36-38-40-43-51-49-45-48(42-9-6-3)46-50(47-49)52-44-41-39-37-35-33-31-29-27-25-23-21-19-17-15-13-11-8-5-2/h45-47H,3-44H2,1-2H3. The zero-order valence-corrected chi connectivity index (χ0v) is 37.4. The molecule has 0 aliphatic rings. The quantitative estimate of drug-likeness (QED) is 0.0481. The molecule has 0 nitrogen and oxygen atoms in total. The van der Waals surface area contributed by atoms with Crippen LogP contribution in [0.3, 0.4) is 0 Å². The van der Waals surface area contributed by atoms with Gasteiger partial charge in [0.1, 0.15) is 0 Å². The zero-order chi connectivity index (χ0) is 37.3. The third-order valence-corrected chi connectivity index (χ3v) is 13.3. The van der Waals surface area contributed by atoms with Crippen molar-refractivity contribution in [3.05, 3.63) is 30.7 Å². The monoisotopic (exact) mass is 758 g/mol. The molecule has 0 saturated heterocycles. The second kappa shape index (κ2) is 42.1. The Balaban J connectivity index is 2.00. The van der Waals surface area contributed by atoms with Crippen molar-refractivity contribution >= 4 is 23.5 Å². The second-order valence-corrected chi connectivity index (χ2v) is 18.8. The van der Waals surface area contributed by atoms with Crippen molar-refractivity contribution in [3.8, 4) is 0 Å². The third-order valence-electron chi connectivity index (χ3n) is 11.2. The third kappa shape index (κ3) is 35.6. The van der Waals surface area contributed by atoms with Gasteiger partial charge in [-0.25, -0.2) is 0 Å². The molecule has 1 aromatic carbocycles. The SMILES string of the molecule is [CH2]CCCc1cc(SCCCCCCCCCCCCCCCCCCCC)cc(SCCCCCCCCCCCCCCCCCCCC)c1. The summed E-state index contributed by atoms with van der Waals surface area (Å²) in [5, 5.41) is 0. The Morgan fingerprint density at radius 1 is 0.327 bits per heavy atom. The van der Waals surface area contributed by atoms with Crippen LogP contribution in [-0.2, 0) is 6.42 Å². The summed E-state index contributed by atoms with van der Waals surface area (Å²) in [6, 6.07) is 7.46. The van der Waals surface area contributed by atoms with Crippen LogP contribution < -0.4 is 0 Å². The van der Waals surface area contributed by atoms with Crippen LogP contribution >= 0.6 is 23.5 Å². The molecule has 0 fully saturated rings. The molecule has 0 aliphatic carbocycles. The van der Waals surface area contributed by atoms with E-state index in [1.54, 1.807) is 0 Å². The molecule has 0 amide bonds. The molecule has 305 valence electrons. The van der Waals surface area contributed by atoms with Gasteiger partial charge in [-0.05, 0) is 61.0 Å². The average molecular weight is 758 g/mol. The summed E-state index contributed by atoms with van der Waals surface area (Å²) in [4.78, 5) is 3.02. The Bertz CT molecular complexity index is 758. The summed E-state index contributed by atoms with van der Waals surface area (Å²) in [6.07, 6.45) is 55.7. The highest BCUT2D eigenvalue weighted by Gasteiger charge is 2.05. The summed E-state index contributed by atoms with van der Waals surface area (Å²) in [5.74, 6) is 2.56. The van der Waals surface area contributed by atoms with Crippen molar-refractivity contribution in [1.82, 2.24) is 0 Å². The van der Waals surface area contributed by atoms with Crippen molar-refractivity contribution in [2.24, 2.45) is 0 Å². The summed E-state index contributed by atoms with van der Waals surface area (Å²) in [6.45, 7) is 8.72. The number of hydrogen-bond donors (Lipinski definition) is 0.